The van der Waals surface area contributed by atoms with Gasteiger partial charge in [-0.05, 0) is 0 Å². The first-order valence-electron chi connectivity index (χ1n) is 33.4. The SMILES string of the molecule is CC(C)C(CN(C)C)[O][Sn][O]C(CN(C)C)C(C)C.CCC(CN(CC)CC)[O][Sn][O]C(CC)CN(CC)CC.CCN(C)CC([O][Sn][O]C(CN(C)CC)C(C)C)C(C)C.CCN(CC)CC([O][Sn][O]C(CN(CC)CC)C(C)C)C(C)C. The molecule has 0 bridgehead atoms. The average Bonchev–Trinajstić information content (AvgIpc) is 3.48. The van der Waals surface area contributed by atoms with E-state index in [1.807, 2.05) is 0 Å². The second-order valence-corrected chi connectivity index (χ2v) is 32.5. The molecule has 84 heavy (non-hydrogen) atoms. The van der Waals surface area contributed by atoms with Crippen molar-refractivity contribution < 1.29 is 24.6 Å². The molecular formula is C64H144N8O8Sn4. The predicted octanol–water partition coefficient (Wildman–Crippen LogP) is 10.3. The Hall–Kier alpha value is 2.55. The van der Waals surface area contributed by atoms with E-state index in [2.05, 4.69) is 248 Å². The van der Waals surface area contributed by atoms with Gasteiger partial charge in [0.05, 0.1) is 0 Å². The van der Waals surface area contributed by atoms with E-state index in [0.29, 0.717) is 84.3 Å². The van der Waals surface area contributed by atoms with Crippen LogP contribution in [0.5, 0.6) is 0 Å². The van der Waals surface area contributed by atoms with Crippen LogP contribution in [0, 0.1) is 35.5 Å². The summed E-state index contributed by atoms with van der Waals surface area (Å²) in [5, 5.41) is 0. The van der Waals surface area contributed by atoms with Gasteiger partial charge in [0.2, 0.25) is 0 Å². The van der Waals surface area contributed by atoms with Gasteiger partial charge in [0, 0.05) is 0 Å². The summed E-state index contributed by atoms with van der Waals surface area (Å²) in [5.41, 5.74) is 0. The molecule has 0 aromatic rings. The van der Waals surface area contributed by atoms with Crippen LogP contribution in [-0.2, 0) is 24.6 Å². The standard InChI is InChI=1S/2C9H20NO.4C8H18NO.2C7H16NO.4Sn/c2*1-5-10(6-2)7-9(11)8(3)4;2*1-5-9(4)6-8(10)7(2)3;2*1-4-8(10)7-9(5-2)6-3;2*1-6(2)7(9)5-8(3)4;;;;/h2*8-9H,5-7H2,1-4H3;2*7-8H,5-6H2,1-4H3;2*8H,4-7H2,1-3H3;2*6-7H,5H2,1-4H3;;;;/q8*-1;4*+2. The monoisotopic (exact) mass is 1630 g/mol. The van der Waals surface area contributed by atoms with Crippen molar-refractivity contribution in [2.24, 2.45) is 35.5 Å². The Labute approximate surface area is 570 Å². The molecule has 0 heterocycles. The average molecular weight is 1630 g/mol. The van der Waals surface area contributed by atoms with Crippen LogP contribution in [-0.4, -0.2) is 336 Å². The molecule has 0 aliphatic heterocycles. The van der Waals surface area contributed by atoms with Crippen molar-refractivity contribution >= 4 is 87.9 Å². The number of rotatable bonds is 50. The third-order valence-corrected chi connectivity index (χ3v) is 24.8. The van der Waals surface area contributed by atoms with Crippen LogP contribution in [0.1, 0.15) is 179 Å². The van der Waals surface area contributed by atoms with Crippen molar-refractivity contribution in [2.45, 2.75) is 228 Å². The zero-order valence-electron chi connectivity index (χ0n) is 61.1. The Kier molecular flexibility index (Phi) is 66.9. The Morgan fingerprint density at radius 2 is 0.429 bits per heavy atom. The van der Waals surface area contributed by atoms with Gasteiger partial charge in [-0.2, -0.15) is 0 Å². The molecule has 0 N–H and O–H groups in total. The van der Waals surface area contributed by atoms with Crippen molar-refractivity contribution in [3.63, 3.8) is 0 Å². The summed E-state index contributed by atoms with van der Waals surface area (Å²) >= 11 is -4.82. The molecule has 0 fully saturated rings. The normalized spacial score (nSPS) is 15.3. The van der Waals surface area contributed by atoms with Gasteiger partial charge in [0.1, 0.15) is 0 Å². The van der Waals surface area contributed by atoms with Crippen molar-refractivity contribution in [3.8, 4) is 0 Å². The molecule has 0 aliphatic carbocycles. The third-order valence-electron chi connectivity index (χ3n) is 15.5. The number of likely N-dealkylation sites (N-methyl/N-ethyl adjacent to an activating group) is 8. The van der Waals surface area contributed by atoms with E-state index in [9.17, 15) is 0 Å². The number of hydrogen-bond donors (Lipinski definition) is 0. The molecule has 0 rings (SSSR count). The van der Waals surface area contributed by atoms with Gasteiger partial charge in [-0.15, -0.1) is 0 Å². The molecule has 8 atom stereocenters. The van der Waals surface area contributed by atoms with Crippen molar-refractivity contribution in [1.29, 1.82) is 0 Å². The summed E-state index contributed by atoms with van der Waals surface area (Å²) in [7, 11) is 12.7. The maximum absolute atomic E-state index is 6.25. The van der Waals surface area contributed by atoms with Crippen LogP contribution in [0.25, 0.3) is 0 Å². The molecule has 0 aromatic carbocycles. The molecule has 0 spiro atoms. The fourth-order valence-corrected chi connectivity index (χ4v) is 18.9. The molecule has 20 heteroatoms. The minimum absolute atomic E-state index is 0.300. The van der Waals surface area contributed by atoms with E-state index in [1.165, 1.54) is 0 Å². The molecule has 0 saturated heterocycles. The second-order valence-electron chi connectivity index (χ2n) is 25.2. The molecule has 8 radical (unpaired) electrons. The first kappa shape index (κ1) is 93.0. The Morgan fingerprint density at radius 1 is 0.238 bits per heavy atom. The van der Waals surface area contributed by atoms with Crippen LogP contribution in [0.2, 0.25) is 0 Å². The van der Waals surface area contributed by atoms with E-state index in [1.54, 1.807) is 0 Å². The third kappa shape index (κ3) is 52.0. The van der Waals surface area contributed by atoms with E-state index in [-0.39, 0.29) is 0 Å². The fourth-order valence-electron chi connectivity index (χ4n) is 8.03. The molecule has 0 amide bonds. The van der Waals surface area contributed by atoms with Gasteiger partial charge in [-0.25, -0.2) is 0 Å². The summed E-state index contributed by atoms with van der Waals surface area (Å²) < 4.78 is 49.1. The van der Waals surface area contributed by atoms with Gasteiger partial charge in [0.25, 0.3) is 0 Å². The molecule has 504 valence electrons. The fraction of sp³-hybridized carbons (Fsp3) is 1.00. The molecule has 0 aromatic heterocycles. The van der Waals surface area contributed by atoms with E-state index in [4.69, 9.17) is 24.6 Å². The summed E-state index contributed by atoms with van der Waals surface area (Å²) in [6.45, 7) is 72.3. The van der Waals surface area contributed by atoms with Gasteiger partial charge in [-0.1, -0.05) is 0 Å². The first-order valence-corrected chi connectivity index (χ1v) is 42.7. The van der Waals surface area contributed by atoms with E-state index >= 15 is 0 Å². The van der Waals surface area contributed by atoms with Crippen molar-refractivity contribution in [1.82, 2.24) is 39.2 Å². The summed E-state index contributed by atoms with van der Waals surface area (Å²) in [5.74, 6) is 3.25. The van der Waals surface area contributed by atoms with Gasteiger partial charge in [-0.3, -0.25) is 0 Å². The maximum atomic E-state index is 6.25. The molecule has 16 nitrogen and oxygen atoms in total. The topological polar surface area (TPSA) is 99.8 Å². The van der Waals surface area contributed by atoms with Crippen LogP contribution >= 0.6 is 0 Å². The Morgan fingerprint density at radius 3 is 0.607 bits per heavy atom. The van der Waals surface area contributed by atoms with Crippen LogP contribution in [0.15, 0.2) is 0 Å². The van der Waals surface area contributed by atoms with Gasteiger partial charge in [0.15, 0.2) is 0 Å². The summed E-state index contributed by atoms with van der Waals surface area (Å²) in [6.07, 6.45) is 4.68. The van der Waals surface area contributed by atoms with Crippen molar-refractivity contribution in [3.05, 3.63) is 0 Å². The van der Waals surface area contributed by atoms with Crippen molar-refractivity contribution in [2.75, 3.05) is 160 Å². The second kappa shape index (κ2) is 60.5. The van der Waals surface area contributed by atoms with Crippen LogP contribution < -0.4 is 0 Å². The van der Waals surface area contributed by atoms with E-state index in [0.717, 1.165) is 131 Å². The summed E-state index contributed by atoms with van der Waals surface area (Å²) in [4.78, 5) is 18.7. The first-order chi connectivity index (χ1) is 39.6. The number of hydrogen-bond acceptors (Lipinski definition) is 16. The molecule has 0 saturated carbocycles. The molecule has 0 aliphatic rings. The van der Waals surface area contributed by atoms with E-state index < -0.39 is 87.9 Å². The molecular weight excluding hydrogens is 1480 g/mol. The Balaban J connectivity index is -0.000000509. The zero-order valence-corrected chi connectivity index (χ0v) is 72.5. The van der Waals surface area contributed by atoms with Gasteiger partial charge >= 0.3 is 575 Å². The summed E-state index contributed by atoms with van der Waals surface area (Å²) in [6, 6.07) is 0. The predicted molar refractivity (Wildman–Crippen MR) is 366 cm³/mol. The quantitative estimate of drug-likeness (QED) is 0.0540. The zero-order chi connectivity index (χ0) is 65.3. The van der Waals surface area contributed by atoms with Crippen LogP contribution in [0.4, 0.5) is 0 Å². The minimum atomic E-state index is -1.24. The van der Waals surface area contributed by atoms with Gasteiger partial charge < -0.3 is 0 Å². The van der Waals surface area contributed by atoms with Crippen LogP contribution in [0.3, 0.4) is 0 Å². The molecule has 8 unspecified atom stereocenters. The Bertz CT molecular complexity index is 1270. The number of nitrogens with zero attached hydrogens (tertiary/aromatic N) is 8.